The third-order valence-electron chi connectivity index (χ3n) is 5.04. The van der Waals surface area contributed by atoms with E-state index in [9.17, 15) is 4.79 Å². The van der Waals surface area contributed by atoms with Gasteiger partial charge in [0.1, 0.15) is 0 Å². The monoisotopic (exact) mass is 419 g/mol. The number of nitrogens with two attached hydrogens (primary N) is 1. The van der Waals surface area contributed by atoms with Crippen molar-refractivity contribution in [3.63, 3.8) is 0 Å². The minimum atomic E-state index is -0.444. The van der Waals surface area contributed by atoms with Crippen LogP contribution >= 0.6 is 24.8 Å². The number of morpholine rings is 1. The highest BCUT2D eigenvalue weighted by atomic mass is 35.5. The fourth-order valence-corrected chi connectivity index (χ4v) is 3.45. The van der Waals surface area contributed by atoms with Gasteiger partial charge in [-0.2, -0.15) is 0 Å². The molecule has 0 spiro atoms. The molecule has 0 radical (unpaired) electrons. The molecule has 27 heavy (non-hydrogen) atoms. The molecule has 1 aromatic carbocycles. The standard InChI is InChI=1S/C19H29N3O3.2ClH/c20-18(17-4-8-24-9-5-17)19(23)21-13-15-2-1-3-16(12-15)14-22-6-10-25-11-7-22;;/h1-3,12,17-18H,4-11,13-14,20H2,(H,21,23);2*1H. The summed E-state index contributed by atoms with van der Waals surface area (Å²) in [5.41, 5.74) is 8.50. The Bertz CT molecular complexity index is 565. The van der Waals surface area contributed by atoms with E-state index in [2.05, 4.69) is 28.4 Å². The smallest absolute Gasteiger partial charge is 0.237 e. The fourth-order valence-electron chi connectivity index (χ4n) is 3.45. The summed E-state index contributed by atoms with van der Waals surface area (Å²) in [6, 6.07) is 7.95. The average molecular weight is 420 g/mol. The van der Waals surface area contributed by atoms with Gasteiger partial charge in [-0.05, 0) is 29.9 Å². The van der Waals surface area contributed by atoms with Crippen molar-refractivity contribution in [2.75, 3.05) is 39.5 Å². The van der Waals surface area contributed by atoms with E-state index in [4.69, 9.17) is 15.2 Å². The first-order chi connectivity index (χ1) is 12.2. The van der Waals surface area contributed by atoms with Gasteiger partial charge in [0, 0.05) is 39.4 Å². The van der Waals surface area contributed by atoms with Crippen molar-refractivity contribution in [2.45, 2.75) is 32.0 Å². The number of benzene rings is 1. The summed E-state index contributed by atoms with van der Waals surface area (Å²) in [7, 11) is 0. The molecule has 6 nitrogen and oxygen atoms in total. The van der Waals surface area contributed by atoms with Crippen LogP contribution in [0.5, 0.6) is 0 Å². The number of rotatable bonds is 6. The van der Waals surface area contributed by atoms with E-state index in [1.54, 1.807) is 0 Å². The van der Waals surface area contributed by atoms with Crippen LogP contribution in [-0.4, -0.2) is 56.4 Å². The van der Waals surface area contributed by atoms with Gasteiger partial charge in [0.2, 0.25) is 5.91 Å². The van der Waals surface area contributed by atoms with Crippen LogP contribution < -0.4 is 11.1 Å². The highest BCUT2D eigenvalue weighted by Crippen LogP contribution is 2.18. The molecule has 3 rings (SSSR count). The Hall–Kier alpha value is -0.890. The van der Waals surface area contributed by atoms with Crippen LogP contribution in [0.1, 0.15) is 24.0 Å². The maximum absolute atomic E-state index is 12.3. The molecule has 2 fully saturated rings. The molecule has 2 saturated heterocycles. The number of nitrogens with one attached hydrogen (secondary N) is 1. The predicted molar refractivity (Wildman–Crippen MR) is 110 cm³/mol. The zero-order valence-electron chi connectivity index (χ0n) is 15.6. The lowest BCUT2D eigenvalue weighted by Crippen LogP contribution is -2.46. The molecular weight excluding hydrogens is 389 g/mol. The Kier molecular flexibility index (Phi) is 11.2. The molecule has 2 aliphatic heterocycles. The van der Waals surface area contributed by atoms with E-state index in [0.717, 1.165) is 51.3 Å². The van der Waals surface area contributed by atoms with Crippen LogP contribution in [0.3, 0.4) is 0 Å². The second-order valence-electron chi connectivity index (χ2n) is 6.90. The normalized spacial score (nSPS) is 19.4. The number of amides is 1. The van der Waals surface area contributed by atoms with Crippen molar-refractivity contribution in [3.8, 4) is 0 Å². The zero-order valence-corrected chi connectivity index (χ0v) is 17.2. The molecule has 154 valence electrons. The van der Waals surface area contributed by atoms with Gasteiger partial charge in [-0.25, -0.2) is 0 Å². The quantitative estimate of drug-likeness (QED) is 0.733. The molecular formula is C19H31Cl2N3O3. The van der Waals surface area contributed by atoms with E-state index in [1.807, 2.05) is 6.07 Å². The molecule has 2 heterocycles. The lowest BCUT2D eigenvalue weighted by Gasteiger charge is -2.27. The molecule has 3 N–H and O–H groups in total. The molecule has 1 atom stereocenters. The summed E-state index contributed by atoms with van der Waals surface area (Å²) < 4.78 is 10.7. The van der Waals surface area contributed by atoms with E-state index in [0.29, 0.717) is 19.8 Å². The number of ether oxygens (including phenoxy) is 2. The molecule has 1 aromatic rings. The molecule has 1 amide bonds. The van der Waals surface area contributed by atoms with Crippen LogP contribution in [-0.2, 0) is 27.4 Å². The average Bonchev–Trinajstić information content (AvgIpc) is 2.67. The predicted octanol–water partition coefficient (Wildman–Crippen LogP) is 1.73. The Morgan fingerprint density at radius 1 is 1.11 bits per heavy atom. The van der Waals surface area contributed by atoms with E-state index in [-0.39, 0.29) is 36.6 Å². The molecule has 2 aliphatic rings. The third kappa shape index (κ3) is 7.56. The maximum atomic E-state index is 12.3. The second kappa shape index (κ2) is 12.5. The topological polar surface area (TPSA) is 76.8 Å². The molecule has 8 heteroatoms. The molecule has 0 aromatic heterocycles. The van der Waals surface area contributed by atoms with Crippen LogP contribution in [0.4, 0.5) is 0 Å². The number of hydrogen-bond acceptors (Lipinski definition) is 5. The maximum Gasteiger partial charge on any atom is 0.237 e. The number of halogens is 2. The minimum absolute atomic E-state index is 0. The number of nitrogens with zero attached hydrogens (tertiary/aromatic N) is 1. The fraction of sp³-hybridized carbons (Fsp3) is 0.632. The number of carbonyl (C=O) groups is 1. The first-order valence-corrected chi connectivity index (χ1v) is 9.21. The summed E-state index contributed by atoms with van der Waals surface area (Å²) in [5, 5.41) is 2.99. The van der Waals surface area contributed by atoms with Gasteiger partial charge in [0.25, 0.3) is 0 Å². The van der Waals surface area contributed by atoms with Crippen molar-refractivity contribution in [2.24, 2.45) is 11.7 Å². The molecule has 0 bridgehead atoms. The SMILES string of the molecule is Cl.Cl.NC(C(=O)NCc1cccc(CN2CCOCC2)c1)C1CCOCC1. The summed E-state index contributed by atoms with van der Waals surface area (Å²) in [6.45, 7) is 6.41. The van der Waals surface area contributed by atoms with Crippen molar-refractivity contribution in [1.29, 1.82) is 0 Å². The Balaban J connectivity index is 0.00000182. The number of carbonyl (C=O) groups excluding carboxylic acids is 1. The van der Waals surface area contributed by atoms with Gasteiger partial charge in [0.15, 0.2) is 0 Å². The van der Waals surface area contributed by atoms with Crippen molar-refractivity contribution in [3.05, 3.63) is 35.4 Å². The number of hydrogen-bond donors (Lipinski definition) is 2. The zero-order chi connectivity index (χ0) is 17.5. The Morgan fingerprint density at radius 3 is 2.44 bits per heavy atom. The Labute approximate surface area is 174 Å². The summed E-state index contributed by atoms with van der Waals surface area (Å²) in [4.78, 5) is 14.7. The van der Waals surface area contributed by atoms with E-state index < -0.39 is 6.04 Å². The molecule has 0 aliphatic carbocycles. The van der Waals surface area contributed by atoms with E-state index in [1.165, 1.54) is 5.56 Å². The van der Waals surface area contributed by atoms with Crippen LogP contribution in [0, 0.1) is 5.92 Å². The third-order valence-corrected chi connectivity index (χ3v) is 5.04. The van der Waals surface area contributed by atoms with Crippen LogP contribution in [0.2, 0.25) is 0 Å². The largest absolute Gasteiger partial charge is 0.381 e. The van der Waals surface area contributed by atoms with Crippen LogP contribution in [0.15, 0.2) is 24.3 Å². The highest BCUT2D eigenvalue weighted by molar-refractivity contribution is 5.85. The summed E-state index contributed by atoms with van der Waals surface area (Å²) >= 11 is 0. The minimum Gasteiger partial charge on any atom is -0.381 e. The van der Waals surface area contributed by atoms with Gasteiger partial charge < -0.3 is 20.5 Å². The van der Waals surface area contributed by atoms with E-state index >= 15 is 0 Å². The van der Waals surface area contributed by atoms with Crippen molar-refractivity contribution < 1.29 is 14.3 Å². The summed E-state index contributed by atoms with van der Waals surface area (Å²) in [6.07, 6.45) is 1.73. The lowest BCUT2D eigenvalue weighted by atomic mass is 9.92. The van der Waals surface area contributed by atoms with Gasteiger partial charge in [-0.1, -0.05) is 24.3 Å². The Morgan fingerprint density at radius 2 is 1.74 bits per heavy atom. The van der Waals surface area contributed by atoms with Gasteiger partial charge in [-0.3, -0.25) is 9.69 Å². The van der Waals surface area contributed by atoms with Gasteiger partial charge in [-0.15, -0.1) is 24.8 Å². The highest BCUT2D eigenvalue weighted by Gasteiger charge is 2.26. The molecule has 0 saturated carbocycles. The first-order valence-electron chi connectivity index (χ1n) is 9.21. The van der Waals surface area contributed by atoms with Crippen molar-refractivity contribution >= 4 is 30.7 Å². The summed E-state index contributed by atoms with van der Waals surface area (Å²) in [5.74, 6) is 0.159. The van der Waals surface area contributed by atoms with Gasteiger partial charge in [0.05, 0.1) is 19.3 Å². The van der Waals surface area contributed by atoms with Crippen molar-refractivity contribution in [1.82, 2.24) is 10.2 Å². The molecule has 1 unspecified atom stereocenters. The van der Waals surface area contributed by atoms with Crippen LogP contribution in [0.25, 0.3) is 0 Å². The second-order valence-corrected chi connectivity index (χ2v) is 6.90. The lowest BCUT2D eigenvalue weighted by molar-refractivity contribution is -0.124. The van der Waals surface area contributed by atoms with Gasteiger partial charge >= 0.3 is 0 Å². The first kappa shape index (κ1) is 24.1.